The molecule has 2 fully saturated rings. The van der Waals surface area contributed by atoms with Gasteiger partial charge in [-0.05, 0) is 62.9 Å². The van der Waals surface area contributed by atoms with Crippen LogP contribution in [-0.2, 0) is 6.54 Å². The molecule has 4 aromatic rings. The van der Waals surface area contributed by atoms with Gasteiger partial charge in [-0.3, -0.25) is 4.90 Å². The zero-order chi connectivity index (χ0) is 27.3. The van der Waals surface area contributed by atoms with Crippen molar-refractivity contribution in [3.8, 4) is 11.1 Å². The fraction of sp³-hybridized carbons (Fsp3) is 0.448. The lowest BCUT2D eigenvalue weighted by Gasteiger charge is -2.20. The number of fused-ring (bicyclic) bond motifs is 2. The van der Waals surface area contributed by atoms with E-state index in [-0.39, 0.29) is 17.1 Å². The van der Waals surface area contributed by atoms with Gasteiger partial charge >= 0.3 is 0 Å². The van der Waals surface area contributed by atoms with E-state index < -0.39 is 11.6 Å². The van der Waals surface area contributed by atoms with Gasteiger partial charge in [0.15, 0.2) is 5.82 Å². The van der Waals surface area contributed by atoms with Crippen LogP contribution in [0.25, 0.3) is 22.2 Å². The molecule has 2 aliphatic heterocycles. The Kier molecular flexibility index (Phi) is 6.76. The number of hydrogen-bond donors (Lipinski definition) is 1. The molecule has 39 heavy (non-hydrogen) atoms. The van der Waals surface area contributed by atoms with E-state index in [9.17, 15) is 8.78 Å². The van der Waals surface area contributed by atoms with Crippen LogP contribution in [0, 0.1) is 30.4 Å². The fourth-order valence-corrected chi connectivity index (χ4v) is 6.25. The van der Waals surface area contributed by atoms with Crippen LogP contribution in [0.4, 0.5) is 20.5 Å². The van der Waals surface area contributed by atoms with Crippen molar-refractivity contribution in [3.05, 3.63) is 59.8 Å². The first-order valence-electron chi connectivity index (χ1n) is 13.7. The maximum Gasteiger partial charge on any atom is 0.228 e. The number of rotatable bonds is 7. The lowest BCUT2D eigenvalue weighted by Crippen LogP contribution is -2.28. The summed E-state index contributed by atoms with van der Waals surface area (Å²) in [4.78, 5) is 22.5. The molecule has 0 bridgehead atoms. The van der Waals surface area contributed by atoms with E-state index in [0.29, 0.717) is 28.7 Å². The molecule has 5 heterocycles. The molecule has 2 aliphatic rings. The van der Waals surface area contributed by atoms with E-state index in [1.165, 1.54) is 19.2 Å². The van der Waals surface area contributed by atoms with E-state index in [1.807, 2.05) is 37.7 Å². The Labute approximate surface area is 227 Å². The first-order valence-corrected chi connectivity index (χ1v) is 13.7. The molecule has 0 saturated carbocycles. The first-order chi connectivity index (χ1) is 18.8. The number of hydrogen-bond acceptors (Lipinski definition) is 7. The molecule has 2 saturated heterocycles. The third-order valence-electron chi connectivity index (χ3n) is 8.04. The Hall–Kier alpha value is -3.50. The SMILES string of the molecule is CCN1C[C@@H]2CN(Cc3cnc(Nc4cc(-c5cc(F)c6nc(C)n(C(C)C)c6c5)c(F)cn4)nc3)C[C@@H]2C1. The van der Waals surface area contributed by atoms with E-state index in [2.05, 4.69) is 42.0 Å². The molecule has 6 rings (SSSR count). The summed E-state index contributed by atoms with van der Waals surface area (Å²) in [6.45, 7) is 14.7. The monoisotopic (exact) mass is 532 g/mol. The average molecular weight is 533 g/mol. The molecule has 0 unspecified atom stereocenters. The summed E-state index contributed by atoms with van der Waals surface area (Å²) in [5.74, 6) is 1.95. The minimum atomic E-state index is -0.541. The van der Waals surface area contributed by atoms with E-state index in [0.717, 1.165) is 49.8 Å². The number of pyridine rings is 1. The van der Waals surface area contributed by atoms with Gasteiger partial charge in [-0.2, -0.15) is 0 Å². The molecule has 8 nitrogen and oxygen atoms in total. The van der Waals surface area contributed by atoms with Crippen molar-refractivity contribution in [3.63, 3.8) is 0 Å². The van der Waals surface area contributed by atoms with Crippen molar-refractivity contribution >= 4 is 22.8 Å². The molecule has 10 heteroatoms. The molecular weight excluding hydrogens is 498 g/mol. The molecule has 3 aromatic heterocycles. The quantitative estimate of drug-likeness (QED) is 0.351. The third kappa shape index (κ3) is 4.98. The minimum Gasteiger partial charge on any atom is -0.326 e. The van der Waals surface area contributed by atoms with Crippen molar-refractivity contribution in [2.24, 2.45) is 11.8 Å². The van der Waals surface area contributed by atoms with Crippen molar-refractivity contribution in [1.29, 1.82) is 0 Å². The Balaban J connectivity index is 1.18. The molecule has 0 radical (unpaired) electrons. The Bertz CT molecular complexity index is 1490. The van der Waals surface area contributed by atoms with Crippen LogP contribution in [-0.4, -0.2) is 67.0 Å². The topological polar surface area (TPSA) is 75.0 Å². The number of aromatic nitrogens is 5. The number of benzene rings is 1. The summed E-state index contributed by atoms with van der Waals surface area (Å²) in [7, 11) is 0. The predicted octanol–water partition coefficient (Wildman–Crippen LogP) is 5.18. The summed E-state index contributed by atoms with van der Waals surface area (Å²) in [6, 6.07) is 4.73. The molecular formula is C29H34F2N8. The van der Waals surface area contributed by atoms with Gasteiger partial charge in [0.2, 0.25) is 5.95 Å². The number of halogens is 2. The highest BCUT2D eigenvalue weighted by Gasteiger charge is 2.39. The van der Waals surface area contributed by atoms with Crippen LogP contribution >= 0.6 is 0 Å². The van der Waals surface area contributed by atoms with Crippen molar-refractivity contribution < 1.29 is 8.78 Å². The summed E-state index contributed by atoms with van der Waals surface area (Å²) >= 11 is 0. The van der Waals surface area contributed by atoms with Gasteiger partial charge in [-0.15, -0.1) is 0 Å². The van der Waals surface area contributed by atoms with Gasteiger partial charge in [0, 0.05) is 62.3 Å². The van der Waals surface area contributed by atoms with Crippen LogP contribution in [0.15, 0.2) is 36.8 Å². The molecule has 0 amide bonds. The second-order valence-electron chi connectivity index (χ2n) is 11.1. The standard InChI is InChI=1S/C29H34F2N8/c1-5-37-13-21-15-38(16-22(21)14-37)12-19-9-33-29(34-10-19)36-27-8-23(25(31)11-32-27)20-6-24(30)28-26(7-20)39(17(2)3)18(4)35-28/h6-11,17,21-22H,5,12-16H2,1-4H3,(H,32,33,34,36)/t21-,22+. The lowest BCUT2D eigenvalue weighted by atomic mass is 10.0. The molecule has 2 atom stereocenters. The van der Waals surface area contributed by atoms with Gasteiger partial charge in [-0.25, -0.2) is 28.7 Å². The van der Waals surface area contributed by atoms with Crippen LogP contribution in [0.1, 0.15) is 38.2 Å². The smallest absolute Gasteiger partial charge is 0.228 e. The molecule has 0 spiro atoms. The van der Waals surface area contributed by atoms with Crippen molar-refractivity contribution in [2.45, 2.75) is 40.3 Å². The van der Waals surface area contributed by atoms with Gasteiger partial charge in [0.1, 0.15) is 23.0 Å². The number of nitrogens with zero attached hydrogens (tertiary/aromatic N) is 7. The van der Waals surface area contributed by atoms with Crippen molar-refractivity contribution in [1.82, 2.24) is 34.3 Å². The zero-order valence-electron chi connectivity index (χ0n) is 22.8. The Morgan fingerprint density at radius 3 is 2.28 bits per heavy atom. The Morgan fingerprint density at radius 1 is 0.923 bits per heavy atom. The van der Waals surface area contributed by atoms with Crippen LogP contribution in [0.5, 0.6) is 0 Å². The number of aryl methyl sites for hydroxylation is 1. The highest BCUT2D eigenvalue weighted by atomic mass is 19.1. The molecule has 0 aliphatic carbocycles. The zero-order valence-corrected chi connectivity index (χ0v) is 22.8. The van der Waals surface area contributed by atoms with Gasteiger partial charge in [0.25, 0.3) is 0 Å². The normalized spacial score (nSPS) is 19.9. The first kappa shape index (κ1) is 25.8. The van der Waals surface area contributed by atoms with E-state index in [1.54, 1.807) is 12.1 Å². The fourth-order valence-electron chi connectivity index (χ4n) is 6.25. The minimum absolute atomic E-state index is 0.0841. The maximum atomic E-state index is 15.0. The number of imidazole rings is 1. The Morgan fingerprint density at radius 2 is 1.62 bits per heavy atom. The van der Waals surface area contributed by atoms with Gasteiger partial charge < -0.3 is 14.8 Å². The van der Waals surface area contributed by atoms with Crippen LogP contribution in [0.2, 0.25) is 0 Å². The summed E-state index contributed by atoms with van der Waals surface area (Å²) in [6.07, 6.45) is 4.78. The largest absolute Gasteiger partial charge is 0.326 e. The van der Waals surface area contributed by atoms with Crippen LogP contribution in [0.3, 0.4) is 0 Å². The highest BCUT2D eigenvalue weighted by Crippen LogP contribution is 2.33. The number of nitrogens with one attached hydrogen (secondary N) is 1. The van der Waals surface area contributed by atoms with Gasteiger partial charge in [-0.1, -0.05) is 6.92 Å². The highest BCUT2D eigenvalue weighted by molar-refractivity contribution is 5.84. The van der Waals surface area contributed by atoms with E-state index in [4.69, 9.17) is 0 Å². The van der Waals surface area contributed by atoms with Gasteiger partial charge in [0.05, 0.1) is 11.7 Å². The lowest BCUT2D eigenvalue weighted by molar-refractivity contribution is 0.256. The molecule has 1 aromatic carbocycles. The van der Waals surface area contributed by atoms with E-state index >= 15 is 0 Å². The predicted molar refractivity (Wildman–Crippen MR) is 148 cm³/mol. The second-order valence-corrected chi connectivity index (χ2v) is 11.1. The molecule has 204 valence electrons. The van der Waals surface area contributed by atoms with Crippen molar-refractivity contribution in [2.75, 3.05) is 38.0 Å². The summed E-state index contributed by atoms with van der Waals surface area (Å²) in [5, 5.41) is 3.06. The summed E-state index contributed by atoms with van der Waals surface area (Å²) < 4.78 is 31.8. The third-order valence-corrected chi connectivity index (χ3v) is 8.04. The second kappa shape index (κ2) is 10.2. The number of likely N-dealkylation sites (tertiary alicyclic amines) is 2. The number of anilines is 2. The summed E-state index contributed by atoms with van der Waals surface area (Å²) in [5.41, 5.74) is 2.62. The maximum absolute atomic E-state index is 15.0. The average Bonchev–Trinajstić information content (AvgIpc) is 3.57. The van der Waals surface area contributed by atoms with Crippen LogP contribution < -0.4 is 5.32 Å². The molecule has 1 N–H and O–H groups in total.